The second-order valence-corrected chi connectivity index (χ2v) is 8.68. The normalized spacial score (nSPS) is 27.5. The first kappa shape index (κ1) is 18.5. The average Bonchev–Trinajstić information content (AvgIpc) is 3.19. The van der Waals surface area contributed by atoms with Gasteiger partial charge in [0.25, 0.3) is 0 Å². The topological polar surface area (TPSA) is 99.6 Å². The molecule has 4 atom stereocenters. The fourth-order valence-corrected chi connectivity index (χ4v) is 5.33. The summed E-state index contributed by atoms with van der Waals surface area (Å²) in [6.07, 6.45) is 2.01. The Morgan fingerprint density at radius 2 is 2.24 bits per heavy atom. The minimum absolute atomic E-state index is 0.114. The lowest BCUT2D eigenvalue weighted by Crippen LogP contribution is -2.53. The first-order chi connectivity index (χ1) is 12.0. The number of thiol groups is 1. The first-order valence-electron chi connectivity index (χ1n) is 7.99. The van der Waals surface area contributed by atoms with E-state index in [9.17, 15) is 19.5 Å². The Bertz CT molecular complexity index is 654. The second kappa shape index (κ2) is 7.96. The summed E-state index contributed by atoms with van der Waals surface area (Å²) >= 11 is 7.36. The van der Waals surface area contributed by atoms with Crippen molar-refractivity contribution in [1.82, 2.24) is 15.2 Å². The maximum atomic E-state index is 12.8. The molecule has 10 heteroatoms. The van der Waals surface area contributed by atoms with E-state index in [0.29, 0.717) is 31.4 Å². The Morgan fingerprint density at radius 1 is 1.44 bits per heavy atom. The van der Waals surface area contributed by atoms with Crippen molar-refractivity contribution in [3.8, 4) is 0 Å². The van der Waals surface area contributed by atoms with Crippen molar-refractivity contribution in [3.63, 3.8) is 0 Å². The van der Waals surface area contributed by atoms with Gasteiger partial charge in [0.2, 0.25) is 11.8 Å². The van der Waals surface area contributed by atoms with Crippen LogP contribution in [0.3, 0.4) is 0 Å². The summed E-state index contributed by atoms with van der Waals surface area (Å²) in [6, 6.07) is -1.50. The largest absolute Gasteiger partial charge is 0.480 e. The zero-order chi connectivity index (χ0) is 18.0. The molecule has 0 radical (unpaired) electrons. The van der Waals surface area contributed by atoms with Crippen LogP contribution in [-0.4, -0.2) is 61.2 Å². The lowest BCUT2D eigenvalue weighted by atomic mass is 10.1. The molecular weight excluding hydrogens is 382 g/mol. The molecule has 1 aromatic heterocycles. The standard InChI is InChI=1S/C15H19N3O4S3/c19-13(11(23)5-8-6-24-7-16-8)17-9-3-4-25-12-2-1-10(15(21)22)18(12)14(9)20/h6-7,9-12,23H,1-5H2,(H,17,19)(H,21,22). The molecule has 3 rings (SSSR count). The van der Waals surface area contributed by atoms with E-state index in [2.05, 4.69) is 22.9 Å². The molecule has 2 saturated heterocycles. The molecule has 4 unspecified atom stereocenters. The number of fused-ring (bicyclic) bond motifs is 1. The molecule has 136 valence electrons. The van der Waals surface area contributed by atoms with Crippen molar-refractivity contribution in [2.75, 3.05) is 5.75 Å². The van der Waals surface area contributed by atoms with Crippen molar-refractivity contribution in [3.05, 3.63) is 16.6 Å². The fraction of sp³-hybridized carbons (Fsp3) is 0.600. The number of thiazole rings is 1. The number of aliphatic carboxylic acids is 1. The molecule has 1 aromatic rings. The Balaban J connectivity index is 1.66. The summed E-state index contributed by atoms with van der Waals surface area (Å²) in [6.45, 7) is 0. The molecular formula is C15H19N3O4S3. The molecule has 0 spiro atoms. The number of thioether (sulfide) groups is 1. The number of nitrogens with one attached hydrogen (secondary N) is 1. The Morgan fingerprint density at radius 3 is 2.92 bits per heavy atom. The van der Waals surface area contributed by atoms with Gasteiger partial charge in [-0.25, -0.2) is 9.78 Å². The molecule has 3 heterocycles. The number of rotatable bonds is 5. The van der Waals surface area contributed by atoms with Gasteiger partial charge in [0.05, 0.1) is 21.8 Å². The lowest BCUT2D eigenvalue weighted by molar-refractivity contribution is -0.149. The second-order valence-electron chi connectivity index (χ2n) is 6.05. The smallest absolute Gasteiger partial charge is 0.326 e. The van der Waals surface area contributed by atoms with Gasteiger partial charge in [0.1, 0.15) is 12.1 Å². The molecule has 2 fully saturated rings. The van der Waals surface area contributed by atoms with E-state index in [4.69, 9.17) is 0 Å². The highest BCUT2D eigenvalue weighted by Crippen LogP contribution is 2.35. The minimum atomic E-state index is -0.987. The van der Waals surface area contributed by atoms with E-state index < -0.39 is 23.3 Å². The van der Waals surface area contributed by atoms with Gasteiger partial charge in [0.15, 0.2) is 0 Å². The van der Waals surface area contributed by atoms with Crippen LogP contribution in [0.4, 0.5) is 0 Å². The fourth-order valence-electron chi connectivity index (χ4n) is 3.14. The zero-order valence-corrected chi connectivity index (χ0v) is 15.9. The summed E-state index contributed by atoms with van der Waals surface area (Å²) in [5.74, 6) is -0.918. The van der Waals surface area contributed by atoms with Crippen molar-refractivity contribution in [1.29, 1.82) is 0 Å². The summed E-state index contributed by atoms with van der Waals surface area (Å²) in [5.41, 5.74) is 2.48. The zero-order valence-electron chi connectivity index (χ0n) is 13.3. The van der Waals surface area contributed by atoms with Crippen LogP contribution in [0, 0.1) is 0 Å². The van der Waals surface area contributed by atoms with E-state index in [1.165, 1.54) is 16.2 Å². The predicted molar refractivity (Wildman–Crippen MR) is 98.9 cm³/mol. The van der Waals surface area contributed by atoms with Gasteiger partial charge in [0, 0.05) is 11.8 Å². The monoisotopic (exact) mass is 401 g/mol. The van der Waals surface area contributed by atoms with Crippen molar-refractivity contribution in [2.45, 2.75) is 48.4 Å². The number of carboxylic acid groups (broad SMARTS) is 1. The number of carbonyl (C=O) groups is 3. The van der Waals surface area contributed by atoms with Gasteiger partial charge in [-0.2, -0.15) is 12.6 Å². The third kappa shape index (κ3) is 4.12. The van der Waals surface area contributed by atoms with Gasteiger partial charge in [-0.3, -0.25) is 9.59 Å². The minimum Gasteiger partial charge on any atom is -0.480 e. The SMILES string of the molecule is O=C(NC1CCSC2CCC(C(=O)O)N2C1=O)C(S)Cc1cscn1. The van der Waals surface area contributed by atoms with Crippen molar-refractivity contribution < 1.29 is 19.5 Å². The lowest BCUT2D eigenvalue weighted by Gasteiger charge is -2.28. The first-order valence-corrected chi connectivity index (χ1v) is 10.5. The van der Waals surface area contributed by atoms with E-state index >= 15 is 0 Å². The van der Waals surface area contributed by atoms with E-state index in [-0.39, 0.29) is 17.2 Å². The molecule has 2 aliphatic heterocycles. The van der Waals surface area contributed by atoms with Gasteiger partial charge < -0.3 is 15.3 Å². The maximum Gasteiger partial charge on any atom is 0.326 e. The van der Waals surface area contributed by atoms with Crippen molar-refractivity contribution >= 4 is 53.5 Å². The molecule has 2 N–H and O–H groups in total. The van der Waals surface area contributed by atoms with Gasteiger partial charge >= 0.3 is 5.97 Å². The molecule has 0 bridgehead atoms. The van der Waals surface area contributed by atoms with E-state index in [1.54, 1.807) is 17.3 Å². The van der Waals surface area contributed by atoms with Crippen LogP contribution in [0.1, 0.15) is 25.0 Å². The molecule has 0 aromatic carbocycles. The highest BCUT2D eigenvalue weighted by molar-refractivity contribution is 7.99. The number of hydrogen-bond acceptors (Lipinski definition) is 7. The van der Waals surface area contributed by atoms with Crippen LogP contribution in [0.2, 0.25) is 0 Å². The molecule has 0 saturated carbocycles. The van der Waals surface area contributed by atoms with E-state index in [0.717, 1.165) is 5.69 Å². The van der Waals surface area contributed by atoms with Crippen LogP contribution in [0.5, 0.6) is 0 Å². The average molecular weight is 402 g/mol. The third-order valence-electron chi connectivity index (χ3n) is 4.39. The van der Waals surface area contributed by atoms with Crippen LogP contribution < -0.4 is 5.32 Å². The molecule has 2 aliphatic rings. The van der Waals surface area contributed by atoms with Gasteiger partial charge in [-0.05, 0) is 25.0 Å². The van der Waals surface area contributed by atoms with Crippen molar-refractivity contribution in [2.24, 2.45) is 0 Å². The molecule has 25 heavy (non-hydrogen) atoms. The molecule has 0 aliphatic carbocycles. The van der Waals surface area contributed by atoms with Crippen LogP contribution in [-0.2, 0) is 20.8 Å². The van der Waals surface area contributed by atoms with Crippen LogP contribution in [0.25, 0.3) is 0 Å². The number of hydrogen-bond donors (Lipinski definition) is 3. The van der Waals surface area contributed by atoms with Crippen LogP contribution in [0.15, 0.2) is 10.9 Å². The van der Waals surface area contributed by atoms with E-state index in [1.807, 2.05) is 5.38 Å². The Labute approximate surface area is 159 Å². The summed E-state index contributed by atoms with van der Waals surface area (Å²) in [5, 5.41) is 13.3. The molecule has 2 amide bonds. The summed E-state index contributed by atoms with van der Waals surface area (Å²) in [7, 11) is 0. The number of nitrogens with zero attached hydrogens (tertiary/aromatic N) is 2. The third-order valence-corrected chi connectivity index (χ3v) is 6.76. The highest BCUT2D eigenvalue weighted by atomic mass is 32.2. The highest BCUT2D eigenvalue weighted by Gasteiger charge is 2.45. The van der Waals surface area contributed by atoms with Gasteiger partial charge in [-0.15, -0.1) is 23.1 Å². The van der Waals surface area contributed by atoms with Crippen LogP contribution >= 0.6 is 35.7 Å². The summed E-state index contributed by atoms with van der Waals surface area (Å²) < 4.78 is 0. The quantitative estimate of drug-likeness (QED) is 0.637. The molecule has 7 nitrogen and oxygen atoms in total. The predicted octanol–water partition coefficient (Wildman–Crippen LogP) is 1.01. The van der Waals surface area contributed by atoms with Gasteiger partial charge in [-0.1, -0.05) is 0 Å². The Kier molecular flexibility index (Phi) is 5.90. The number of carbonyl (C=O) groups excluding carboxylic acids is 2. The summed E-state index contributed by atoms with van der Waals surface area (Å²) in [4.78, 5) is 42.2. The number of amides is 2. The maximum absolute atomic E-state index is 12.8. The number of aromatic nitrogens is 1. The Hall–Kier alpha value is -1.26. The number of carboxylic acids is 1.